The van der Waals surface area contributed by atoms with Gasteiger partial charge in [-0.2, -0.15) is 0 Å². The molecule has 0 spiro atoms. The number of rotatable bonds is 4. The maximum absolute atomic E-state index is 12.8. The Bertz CT molecular complexity index is 1020. The van der Waals surface area contributed by atoms with E-state index in [2.05, 4.69) is 9.98 Å². The Balaban J connectivity index is 2.08. The summed E-state index contributed by atoms with van der Waals surface area (Å²) in [6, 6.07) is 13.9. The van der Waals surface area contributed by atoms with E-state index in [-0.39, 0.29) is 11.7 Å². The van der Waals surface area contributed by atoms with Crippen LogP contribution >= 0.6 is 35.2 Å². The van der Waals surface area contributed by atoms with Crippen LogP contribution in [-0.2, 0) is 0 Å². The number of hydrogen-bond donors (Lipinski definition) is 2. The van der Waals surface area contributed by atoms with Crippen molar-refractivity contribution in [3.63, 3.8) is 0 Å². The summed E-state index contributed by atoms with van der Waals surface area (Å²) >= 11 is 12.3. The summed E-state index contributed by atoms with van der Waals surface area (Å²) in [6.45, 7) is 1.75. The van der Waals surface area contributed by atoms with Crippen molar-refractivity contribution in [1.29, 1.82) is 0 Å². The molecule has 7 heteroatoms. The predicted octanol–water partition coefficient (Wildman–Crippen LogP) is 5.54. The number of carbonyl (C=O) groups is 1. The molecule has 0 saturated carbocycles. The van der Waals surface area contributed by atoms with E-state index in [1.807, 2.05) is 6.07 Å². The number of aromatic amines is 1. The lowest BCUT2D eigenvalue weighted by Crippen LogP contribution is -2.02. The van der Waals surface area contributed by atoms with Gasteiger partial charge in [0.1, 0.15) is 4.88 Å². The van der Waals surface area contributed by atoms with Gasteiger partial charge in [-0.1, -0.05) is 53.3 Å². The monoisotopic (exact) mass is 388 g/mol. The number of thiazole rings is 1. The van der Waals surface area contributed by atoms with E-state index in [0.717, 1.165) is 0 Å². The van der Waals surface area contributed by atoms with E-state index < -0.39 is 0 Å². The number of ketones is 1. The summed E-state index contributed by atoms with van der Waals surface area (Å²) in [5.74, 6) is -0.193. The van der Waals surface area contributed by atoms with Crippen molar-refractivity contribution in [2.75, 3.05) is 0 Å². The largest absolute Gasteiger partial charge is 0.493 e. The van der Waals surface area contributed by atoms with Crippen LogP contribution in [0.2, 0.25) is 5.02 Å². The second-order valence-corrected chi connectivity index (χ2v) is 7.37. The number of nitrogens with zero attached hydrogens (tertiary/aromatic N) is 1. The molecule has 2 N–H and O–H groups in total. The summed E-state index contributed by atoms with van der Waals surface area (Å²) < 4.78 is 0.457. The molecule has 0 unspecified atom stereocenters. The average Bonchev–Trinajstić information content (AvgIpc) is 2.95. The van der Waals surface area contributed by atoms with E-state index in [9.17, 15) is 9.90 Å². The van der Waals surface area contributed by atoms with Crippen molar-refractivity contribution in [3.8, 4) is 5.88 Å². The SMILES string of the molecule is CC(=Nc1ccc(Cl)cc1C(=O)c1ccccc1)c1sc(=S)[nH]c1O. The summed E-state index contributed by atoms with van der Waals surface area (Å²) in [7, 11) is 0. The molecule has 3 rings (SSSR count). The number of halogens is 1. The quantitative estimate of drug-likeness (QED) is 0.350. The van der Waals surface area contributed by atoms with Gasteiger partial charge in [-0.3, -0.25) is 9.79 Å². The van der Waals surface area contributed by atoms with Crippen LogP contribution in [0.5, 0.6) is 5.88 Å². The van der Waals surface area contributed by atoms with Crippen LogP contribution in [0.1, 0.15) is 27.7 Å². The van der Waals surface area contributed by atoms with Gasteiger partial charge in [0.25, 0.3) is 0 Å². The fourth-order valence-corrected chi connectivity index (χ4v) is 3.52. The van der Waals surface area contributed by atoms with Crippen molar-refractivity contribution < 1.29 is 9.90 Å². The molecule has 1 heterocycles. The lowest BCUT2D eigenvalue weighted by molar-refractivity contribution is 0.103. The van der Waals surface area contributed by atoms with Crippen LogP contribution in [0.4, 0.5) is 5.69 Å². The first-order valence-electron chi connectivity index (χ1n) is 7.33. The van der Waals surface area contributed by atoms with Crippen molar-refractivity contribution in [1.82, 2.24) is 4.98 Å². The van der Waals surface area contributed by atoms with E-state index in [4.69, 9.17) is 23.8 Å². The first-order chi connectivity index (χ1) is 12.0. The lowest BCUT2D eigenvalue weighted by atomic mass is 10.0. The zero-order valence-electron chi connectivity index (χ0n) is 13.1. The Morgan fingerprint density at radius 1 is 1.24 bits per heavy atom. The summed E-state index contributed by atoms with van der Waals surface area (Å²) in [5, 5.41) is 10.4. The highest BCUT2D eigenvalue weighted by Gasteiger charge is 2.15. The molecule has 3 aromatic rings. The van der Waals surface area contributed by atoms with Crippen LogP contribution in [-0.4, -0.2) is 21.6 Å². The first kappa shape index (κ1) is 17.5. The van der Waals surface area contributed by atoms with E-state index >= 15 is 0 Å². The number of benzene rings is 2. The summed E-state index contributed by atoms with van der Waals surface area (Å²) in [4.78, 5) is 20.5. The Hall–Kier alpha value is -2.28. The maximum Gasteiger partial charge on any atom is 0.209 e. The van der Waals surface area contributed by atoms with Gasteiger partial charge in [0.05, 0.1) is 11.4 Å². The van der Waals surface area contributed by atoms with Gasteiger partial charge in [0.2, 0.25) is 5.88 Å². The van der Waals surface area contributed by atoms with Gasteiger partial charge in [-0.15, -0.1) is 0 Å². The average molecular weight is 389 g/mol. The van der Waals surface area contributed by atoms with Crippen LogP contribution in [0.25, 0.3) is 0 Å². The second kappa shape index (κ2) is 7.31. The molecule has 0 atom stereocenters. The highest BCUT2D eigenvalue weighted by atomic mass is 35.5. The van der Waals surface area contributed by atoms with E-state index in [1.165, 1.54) is 11.3 Å². The van der Waals surface area contributed by atoms with Gasteiger partial charge in [-0.25, -0.2) is 0 Å². The number of aromatic nitrogens is 1. The Kier molecular flexibility index (Phi) is 5.13. The minimum Gasteiger partial charge on any atom is -0.493 e. The standard InChI is InChI=1S/C18H13ClN2O2S2/c1-10(16-17(23)21-18(24)25-16)20-14-8-7-12(19)9-13(14)15(22)11-5-3-2-4-6-11/h2-9,23H,1H3,(H,21,24). The molecule has 0 aliphatic carbocycles. The molecule has 0 aliphatic rings. The molecule has 0 aliphatic heterocycles. The molecule has 0 bridgehead atoms. The fraction of sp³-hybridized carbons (Fsp3) is 0.0556. The molecular weight excluding hydrogens is 376 g/mol. The highest BCUT2D eigenvalue weighted by Crippen LogP contribution is 2.29. The maximum atomic E-state index is 12.8. The third-order valence-electron chi connectivity index (χ3n) is 3.49. The molecule has 0 saturated heterocycles. The molecular formula is C18H13ClN2O2S2. The zero-order chi connectivity index (χ0) is 18.0. The van der Waals surface area contributed by atoms with Crippen molar-refractivity contribution in [2.24, 2.45) is 4.99 Å². The number of aromatic hydroxyl groups is 1. The topological polar surface area (TPSA) is 65.5 Å². The Morgan fingerprint density at radius 2 is 1.96 bits per heavy atom. The van der Waals surface area contributed by atoms with Crippen molar-refractivity contribution in [3.05, 3.63) is 73.5 Å². The van der Waals surface area contributed by atoms with Gasteiger partial charge < -0.3 is 10.1 Å². The second-order valence-electron chi connectivity index (χ2n) is 5.25. The number of hydrogen-bond acceptors (Lipinski definition) is 5. The number of carbonyl (C=O) groups excluding carboxylic acids is 1. The van der Waals surface area contributed by atoms with Gasteiger partial charge in [0.15, 0.2) is 9.74 Å². The van der Waals surface area contributed by atoms with E-state index in [0.29, 0.717) is 36.4 Å². The normalized spacial score (nSPS) is 11.5. The van der Waals surface area contributed by atoms with Crippen LogP contribution < -0.4 is 0 Å². The van der Waals surface area contributed by atoms with Gasteiger partial charge in [0, 0.05) is 16.1 Å². The number of nitrogens with one attached hydrogen (secondary N) is 1. The highest BCUT2D eigenvalue weighted by molar-refractivity contribution is 7.73. The predicted molar refractivity (Wildman–Crippen MR) is 104 cm³/mol. The number of aliphatic imine (C=N–C) groups is 1. The van der Waals surface area contributed by atoms with Crippen LogP contribution in [0, 0.1) is 3.95 Å². The Labute approximate surface area is 158 Å². The first-order valence-corrected chi connectivity index (χ1v) is 8.93. The van der Waals surface area contributed by atoms with Gasteiger partial charge >= 0.3 is 0 Å². The lowest BCUT2D eigenvalue weighted by Gasteiger charge is -2.07. The molecule has 1 aromatic heterocycles. The minimum absolute atomic E-state index is 0.0267. The third-order valence-corrected chi connectivity index (χ3v) is 5.05. The van der Waals surface area contributed by atoms with Gasteiger partial charge in [-0.05, 0) is 37.3 Å². The summed E-state index contributed by atoms with van der Waals surface area (Å²) in [6.07, 6.45) is 0. The number of H-pyrrole nitrogens is 1. The molecule has 25 heavy (non-hydrogen) atoms. The smallest absolute Gasteiger partial charge is 0.209 e. The summed E-state index contributed by atoms with van der Waals surface area (Å²) in [5.41, 5.74) is 1.99. The Morgan fingerprint density at radius 3 is 2.60 bits per heavy atom. The molecule has 0 fully saturated rings. The van der Waals surface area contributed by atoms with Crippen LogP contribution in [0.3, 0.4) is 0 Å². The molecule has 0 amide bonds. The van der Waals surface area contributed by atoms with E-state index in [1.54, 1.807) is 49.4 Å². The van der Waals surface area contributed by atoms with Crippen molar-refractivity contribution >= 4 is 52.3 Å². The minimum atomic E-state index is -0.166. The molecule has 0 radical (unpaired) electrons. The third kappa shape index (κ3) is 3.87. The molecule has 2 aromatic carbocycles. The van der Waals surface area contributed by atoms with Crippen LogP contribution in [0.15, 0.2) is 53.5 Å². The zero-order valence-corrected chi connectivity index (χ0v) is 15.5. The molecule has 4 nitrogen and oxygen atoms in total. The van der Waals surface area contributed by atoms with Crippen molar-refractivity contribution in [2.45, 2.75) is 6.92 Å². The molecule has 126 valence electrons. The fourth-order valence-electron chi connectivity index (χ4n) is 2.33.